The highest BCUT2D eigenvalue weighted by molar-refractivity contribution is 5.73. The minimum Gasteiger partial charge on any atom is -0.481 e. The normalized spacial score (nSPS) is 10.1. The predicted molar refractivity (Wildman–Crippen MR) is 44.1 cm³/mol. The van der Waals surface area contributed by atoms with Crippen LogP contribution in [0.4, 0.5) is 0 Å². The van der Waals surface area contributed by atoms with E-state index in [9.17, 15) is 4.79 Å². The molecule has 0 fully saturated rings. The Morgan fingerprint density at radius 2 is 2.00 bits per heavy atom. The minimum absolute atomic E-state index is 0.427. The molecule has 0 rings (SSSR count). The molecular formula is C9H14O2. The molecule has 0 amide bonds. The third-order valence-corrected chi connectivity index (χ3v) is 1.41. The first-order chi connectivity index (χ1) is 5.00. The summed E-state index contributed by atoms with van der Waals surface area (Å²) >= 11 is 0. The van der Waals surface area contributed by atoms with Crippen molar-refractivity contribution in [1.29, 1.82) is 0 Å². The third-order valence-electron chi connectivity index (χ3n) is 1.41. The number of carboxylic acid groups (broad SMARTS) is 1. The lowest BCUT2D eigenvalue weighted by atomic mass is 9.90. The van der Waals surface area contributed by atoms with Crippen molar-refractivity contribution >= 4 is 5.97 Å². The molecule has 2 heteroatoms. The number of carboxylic acids is 1. The van der Waals surface area contributed by atoms with Gasteiger partial charge < -0.3 is 5.11 Å². The molecule has 0 saturated carbocycles. The summed E-state index contributed by atoms with van der Waals surface area (Å²) < 4.78 is 0. The van der Waals surface area contributed by atoms with Crippen molar-refractivity contribution in [2.24, 2.45) is 5.41 Å². The Morgan fingerprint density at radius 1 is 1.45 bits per heavy atom. The number of aliphatic carboxylic acids is 1. The molecule has 11 heavy (non-hydrogen) atoms. The summed E-state index contributed by atoms with van der Waals surface area (Å²) in [5, 5.41) is 8.67. The van der Waals surface area contributed by atoms with Crippen LogP contribution in [0.2, 0.25) is 0 Å². The third kappa shape index (κ3) is 3.67. The molecule has 0 aromatic heterocycles. The van der Waals surface area contributed by atoms with Gasteiger partial charge in [0.2, 0.25) is 0 Å². The summed E-state index contributed by atoms with van der Waals surface area (Å²) in [7, 11) is 0. The Hall–Kier alpha value is -0.970. The molecule has 0 radical (unpaired) electrons. The van der Waals surface area contributed by atoms with Crippen molar-refractivity contribution in [3.63, 3.8) is 0 Å². The van der Waals surface area contributed by atoms with E-state index >= 15 is 0 Å². The lowest BCUT2D eigenvalue weighted by molar-refractivity contribution is -0.146. The molecular weight excluding hydrogens is 140 g/mol. The summed E-state index contributed by atoms with van der Waals surface area (Å²) in [6, 6.07) is 0. The first-order valence-corrected chi connectivity index (χ1v) is 3.70. The van der Waals surface area contributed by atoms with E-state index in [2.05, 4.69) is 11.8 Å². The van der Waals surface area contributed by atoms with Gasteiger partial charge in [-0.25, -0.2) is 0 Å². The highest BCUT2D eigenvalue weighted by Gasteiger charge is 2.25. The van der Waals surface area contributed by atoms with Crippen LogP contribution in [0, 0.1) is 17.3 Å². The molecule has 0 aliphatic rings. The molecule has 0 aromatic carbocycles. The van der Waals surface area contributed by atoms with Crippen LogP contribution in [0.5, 0.6) is 0 Å². The van der Waals surface area contributed by atoms with Crippen LogP contribution in [0.1, 0.15) is 33.6 Å². The van der Waals surface area contributed by atoms with Crippen LogP contribution < -0.4 is 0 Å². The summed E-state index contributed by atoms with van der Waals surface area (Å²) in [5.41, 5.74) is -0.706. The fourth-order valence-electron chi connectivity index (χ4n) is 0.484. The Morgan fingerprint density at radius 3 is 2.36 bits per heavy atom. The molecule has 62 valence electrons. The SMILES string of the molecule is CCC#CCC(C)(C)C(=O)O. The highest BCUT2D eigenvalue weighted by Crippen LogP contribution is 2.18. The molecule has 0 bridgehead atoms. The van der Waals surface area contributed by atoms with Gasteiger partial charge in [-0.2, -0.15) is 0 Å². The number of hydrogen-bond donors (Lipinski definition) is 1. The second-order valence-corrected chi connectivity index (χ2v) is 3.07. The first kappa shape index (κ1) is 10.0. The van der Waals surface area contributed by atoms with Gasteiger partial charge in [-0.15, -0.1) is 11.8 Å². The Balaban J connectivity index is 4.02. The summed E-state index contributed by atoms with van der Waals surface area (Å²) in [5.74, 6) is 4.88. The van der Waals surface area contributed by atoms with E-state index in [1.165, 1.54) is 0 Å². The van der Waals surface area contributed by atoms with E-state index in [1.54, 1.807) is 13.8 Å². The van der Waals surface area contributed by atoms with Crippen LogP contribution in [-0.4, -0.2) is 11.1 Å². The largest absolute Gasteiger partial charge is 0.481 e. The Labute approximate surface area is 67.6 Å². The van der Waals surface area contributed by atoms with Gasteiger partial charge in [0.1, 0.15) is 0 Å². The van der Waals surface area contributed by atoms with Crippen molar-refractivity contribution in [1.82, 2.24) is 0 Å². The first-order valence-electron chi connectivity index (χ1n) is 3.70. The Kier molecular flexibility index (Phi) is 3.67. The van der Waals surface area contributed by atoms with Crippen molar-refractivity contribution in [2.45, 2.75) is 33.6 Å². The zero-order valence-corrected chi connectivity index (χ0v) is 7.27. The fraction of sp³-hybridized carbons (Fsp3) is 0.667. The molecule has 2 nitrogen and oxygen atoms in total. The van der Waals surface area contributed by atoms with Gasteiger partial charge in [0.25, 0.3) is 0 Å². The van der Waals surface area contributed by atoms with Crippen LogP contribution >= 0.6 is 0 Å². The van der Waals surface area contributed by atoms with Crippen molar-refractivity contribution in [3.05, 3.63) is 0 Å². The Bertz CT molecular complexity index is 193. The molecule has 0 spiro atoms. The van der Waals surface area contributed by atoms with Gasteiger partial charge in [0, 0.05) is 12.8 Å². The fourth-order valence-corrected chi connectivity index (χ4v) is 0.484. The van der Waals surface area contributed by atoms with Gasteiger partial charge in [-0.3, -0.25) is 4.79 Å². The number of hydrogen-bond acceptors (Lipinski definition) is 1. The molecule has 1 N–H and O–H groups in total. The maximum Gasteiger partial charge on any atom is 0.310 e. The number of carbonyl (C=O) groups is 1. The van der Waals surface area contributed by atoms with Gasteiger partial charge in [-0.05, 0) is 13.8 Å². The zero-order valence-electron chi connectivity index (χ0n) is 7.27. The van der Waals surface area contributed by atoms with Crippen molar-refractivity contribution in [3.8, 4) is 11.8 Å². The van der Waals surface area contributed by atoms with Gasteiger partial charge in [0.15, 0.2) is 0 Å². The molecule has 0 atom stereocenters. The van der Waals surface area contributed by atoms with Crippen LogP contribution in [0.15, 0.2) is 0 Å². The van der Waals surface area contributed by atoms with E-state index < -0.39 is 11.4 Å². The zero-order chi connectivity index (χ0) is 8.91. The lowest BCUT2D eigenvalue weighted by Crippen LogP contribution is -2.22. The molecule has 0 saturated heterocycles. The summed E-state index contributed by atoms with van der Waals surface area (Å²) in [6.07, 6.45) is 1.21. The lowest BCUT2D eigenvalue weighted by Gasteiger charge is -2.14. The second-order valence-electron chi connectivity index (χ2n) is 3.07. The molecule has 0 aromatic rings. The van der Waals surface area contributed by atoms with E-state index in [-0.39, 0.29) is 0 Å². The molecule has 0 aliphatic heterocycles. The average Bonchev–Trinajstić information content (AvgIpc) is 1.88. The molecule has 0 aliphatic carbocycles. The quantitative estimate of drug-likeness (QED) is 0.617. The summed E-state index contributed by atoms with van der Waals surface area (Å²) in [6.45, 7) is 5.31. The maximum atomic E-state index is 10.5. The van der Waals surface area contributed by atoms with Gasteiger partial charge in [0.05, 0.1) is 5.41 Å². The second kappa shape index (κ2) is 4.02. The molecule has 0 heterocycles. The minimum atomic E-state index is -0.789. The number of rotatable bonds is 2. The van der Waals surface area contributed by atoms with Crippen molar-refractivity contribution in [2.75, 3.05) is 0 Å². The van der Waals surface area contributed by atoms with E-state index in [4.69, 9.17) is 5.11 Å². The van der Waals surface area contributed by atoms with E-state index in [0.29, 0.717) is 6.42 Å². The van der Waals surface area contributed by atoms with Crippen LogP contribution in [0.25, 0.3) is 0 Å². The van der Waals surface area contributed by atoms with Crippen molar-refractivity contribution < 1.29 is 9.90 Å². The van der Waals surface area contributed by atoms with E-state index in [0.717, 1.165) is 6.42 Å². The van der Waals surface area contributed by atoms with Gasteiger partial charge >= 0.3 is 5.97 Å². The van der Waals surface area contributed by atoms with Crippen LogP contribution in [-0.2, 0) is 4.79 Å². The standard InChI is InChI=1S/C9H14O2/c1-4-5-6-7-9(2,3)8(10)11/h4,7H2,1-3H3,(H,10,11). The predicted octanol–water partition coefficient (Wildman–Crippen LogP) is 1.90. The van der Waals surface area contributed by atoms with E-state index in [1.807, 2.05) is 6.92 Å². The maximum absolute atomic E-state index is 10.5. The van der Waals surface area contributed by atoms with Gasteiger partial charge in [-0.1, -0.05) is 6.92 Å². The average molecular weight is 154 g/mol. The topological polar surface area (TPSA) is 37.3 Å². The summed E-state index contributed by atoms with van der Waals surface area (Å²) in [4.78, 5) is 10.5. The molecule has 0 unspecified atom stereocenters. The smallest absolute Gasteiger partial charge is 0.310 e. The highest BCUT2D eigenvalue weighted by atomic mass is 16.4. The van der Waals surface area contributed by atoms with Crippen LogP contribution in [0.3, 0.4) is 0 Å². The monoisotopic (exact) mass is 154 g/mol.